The number of likely N-dealkylation sites (tertiary alicyclic amines) is 1. The molecule has 46 heavy (non-hydrogen) atoms. The number of fused-ring (bicyclic) bond motifs is 2. The van der Waals surface area contributed by atoms with Crippen LogP contribution in [0.2, 0.25) is 0 Å². The van der Waals surface area contributed by atoms with E-state index in [9.17, 15) is 24.3 Å². The Morgan fingerprint density at radius 2 is 1.76 bits per heavy atom. The van der Waals surface area contributed by atoms with Gasteiger partial charge in [0.15, 0.2) is 0 Å². The third-order valence-corrected chi connectivity index (χ3v) is 10.5. The van der Waals surface area contributed by atoms with Gasteiger partial charge in [-0.15, -0.1) is 0 Å². The molecule has 3 amide bonds. The van der Waals surface area contributed by atoms with Crippen LogP contribution in [0.25, 0.3) is 0 Å². The predicted molar refractivity (Wildman–Crippen MR) is 170 cm³/mol. The van der Waals surface area contributed by atoms with E-state index in [0.29, 0.717) is 38.8 Å². The van der Waals surface area contributed by atoms with Gasteiger partial charge in [0.1, 0.15) is 23.7 Å². The fourth-order valence-corrected chi connectivity index (χ4v) is 8.22. The molecule has 7 atom stereocenters. The molecule has 5 aliphatic rings. The first-order chi connectivity index (χ1) is 22.4. The third-order valence-electron chi connectivity index (χ3n) is 10.5. The van der Waals surface area contributed by atoms with Crippen LogP contribution in [0, 0.1) is 11.8 Å². The molecule has 1 saturated carbocycles. The van der Waals surface area contributed by atoms with Crippen LogP contribution in [0.5, 0.6) is 0 Å². The zero-order valence-corrected chi connectivity index (χ0v) is 26.7. The summed E-state index contributed by atoms with van der Waals surface area (Å²) in [4.78, 5) is 60.0. The first-order valence-corrected chi connectivity index (χ1v) is 17.1. The number of aliphatic hydroxyl groups is 1. The third kappa shape index (κ3) is 6.13. The van der Waals surface area contributed by atoms with E-state index < -0.39 is 47.7 Å². The van der Waals surface area contributed by atoms with Crippen LogP contribution in [0.15, 0.2) is 54.6 Å². The van der Waals surface area contributed by atoms with Gasteiger partial charge in [-0.25, -0.2) is 0 Å². The van der Waals surface area contributed by atoms with Gasteiger partial charge in [-0.05, 0) is 51.0 Å². The van der Waals surface area contributed by atoms with E-state index in [1.54, 1.807) is 4.90 Å². The molecule has 4 heterocycles. The summed E-state index contributed by atoms with van der Waals surface area (Å²) >= 11 is 0. The van der Waals surface area contributed by atoms with Crippen LogP contribution in [0.4, 0.5) is 0 Å². The van der Waals surface area contributed by atoms with Crippen molar-refractivity contribution in [3.63, 3.8) is 0 Å². The van der Waals surface area contributed by atoms with Crippen molar-refractivity contribution in [2.24, 2.45) is 11.8 Å². The molecule has 10 nitrogen and oxygen atoms in total. The molecule has 1 aromatic rings. The van der Waals surface area contributed by atoms with Crippen molar-refractivity contribution in [3.8, 4) is 0 Å². The first kappa shape index (κ1) is 32.4. The molecular weight excluding hydrogens is 586 g/mol. The number of cyclic esters (lactones) is 1. The largest absolute Gasteiger partial charge is 0.455 e. The highest BCUT2D eigenvalue weighted by Crippen LogP contribution is 2.56. The van der Waals surface area contributed by atoms with Crippen LogP contribution in [-0.4, -0.2) is 88.1 Å². The second kappa shape index (κ2) is 14.1. The van der Waals surface area contributed by atoms with E-state index >= 15 is 0 Å². The molecule has 4 aliphatic heterocycles. The van der Waals surface area contributed by atoms with Crippen LogP contribution in [0.3, 0.4) is 0 Å². The van der Waals surface area contributed by atoms with Crippen molar-refractivity contribution in [2.45, 2.75) is 107 Å². The van der Waals surface area contributed by atoms with Crippen molar-refractivity contribution in [3.05, 3.63) is 60.2 Å². The second-order valence-electron chi connectivity index (χ2n) is 13.4. The van der Waals surface area contributed by atoms with Gasteiger partial charge in [0, 0.05) is 32.2 Å². The van der Waals surface area contributed by atoms with Crippen molar-refractivity contribution in [2.75, 3.05) is 19.7 Å². The molecule has 6 rings (SSSR count). The number of carbonyl (C=O) groups is 4. The molecule has 3 fully saturated rings. The van der Waals surface area contributed by atoms with Gasteiger partial charge in [-0.1, -0.05) is 73.9 Å². The number of nitrogens with one attached hydrogen (secondary N) is 1. The molecule has 0 unspecified atom stereocenters. The quantitative estimate of drug-likeness (QED) is 0.267. The number of benzene rings is 1. The number of rotatable bonds is 7. The van der Waals surface area contributed by atoms with Crippen molar-refractivity contribution in [1.29, 1.82) is 0 Å². The Bertz CT molecular complexity index is 1340. The number of hydrogen-bond acceptors (Lipinski definition) is 7. The smallest absolute Gasteiger partial charge is 0.313 e. The average Bonchev–Trinajstić information content (AvgIpc) is 3.71. The van der Waals surface area contributed by atoms with E-state index in [0.717, 1.165) is 37.7 Å². The SMILES string of the molecule is C[C@@H]1NC(=O)CC/C=C\CN(C2CCCCC2)C(=O)[C@H]2N(CCCCCO)C(=O)[C@@H]3[C@@H](C(=O)O[C@H]1c1ccccc1)[C@H]1C=C[C@]32O1. The fourth-order valence-electron chi connectivity index (χ4n) is 8.22. The summed E-state index contributed by atoms with van der Waals surface area (Å²) in [5, 5.41) is 12.4. The van der Waals surface area contributed by atoms with Crippen molar-refractivity contribution < 1.29 is 33.8 Å². The maximum Gasteiger partial charge on any atom is 0.313 e. The highest BCUT2D eigenvalue weighted by Gasteiger charge is 2.73. The molecular formula is C36H47N3O7. The Morgan fingerprint density at radius 3 is 2.52 bits per heavy atom. The zero-order chi connectivity index (χ0) is 32.3. The number of allylic oxidation sites excluding steroid dienone is 1. The van der Waals surface area contributed by atoms with Crippen molar-refractivity contribution >= 4 is 23.7 Å². The molecule has 1 spiro atoms. The lowest BCUT2D eigenvalue weighted by atomic mass is 9.74. The maximum absolute atomic E-state index is 14.8. The summed E-state index contributed by atoms with van der Waals surface area (Å²) in [5.41, 5.74) is -0.540. The number of nitrogens with zero attached hydrogens (tertiary/aromatic N) is 2. The molecule has 10 heteroatoms. The predicted octanol–water partition coefficient (Wildman–Crippen LogP) is 3.60. The van der Waals surface area contributed by atoms with Gasteiger partial charge < -0.3 is 29.7 Å². The Kier molecular flexibility index (Phi) is 9.94. The number of esters is 1. The molecule has 1 aromatic carbocycles. The van der Waals surface area contributed by atoms with Crippen LogP contribution < -0.4 is 5.32 Å². The van der Waals surface area contributed by atoms with E-state index in [4.69, 9.17) is 9.47 Å². The number of hydrogen-bond donors (Lipinski definition) is 2. The number of aliphatic hydroxyl groups excluding tert-OH is 1. The minimum Gasteiger partial charge on any atom is -0.455 e. The lowest BCUT2D eigenvalue weighted by Crippen LogP contribution is -2.58. The van der Waals surface area contributed by atoms with E-state index in [2.05, 4.69) is 5.32 Å². The lowest BCUT2D eigenvalue weighted by Gasteiger charge is -2.40. The average molecular weight is 634 g/mol. The summed E-state index contributed by atoms with van der Waals surface area (Å²) in [6, 6.07) is 7.89. The van der Waals surface area contributed by atoms with Gasteiger partial charge in [-0.2, -0.15) is 0 Å². The van der Waals surface area contributed by atoms with Crippen molar-refractivity contribution in [1.82, 2.24) is 15.1 Å². The summed E-state index contributed by atoms with van der Waals surface area (Å²) in [5.74, 6) is -2.99. The van der Waals surface area contributed by atoms with Gasteiger partial charge >= 0.3 is 5.97 Å². The topological polar surface area (TPSA) is 125 Å². The fraction of sp³-hybridized carbons (Fsp3) is 0.611. The van der Waals surface area contributed by atoms with Gasteiger partial charge in [-0.3, -0.25) is 19.2 Å². The standard InChI is InChI=1S/C36H47N3O7/c1-24-31(25-14-6-2-7-15-25)45-35(44)29-27-19-20-36(46-27)30(29)33(42)39(22-12-5-13-23-40)32(36)34(43)38(26-16-8-3-9-17-26)21-11-4-10-18-28(41)37-24/h2,4,6-7,11,14-15,19-20,24,26-27,29-32,40H,3,5,8-10,12-13,16-18,21-23H2,1H3,(H,37,41)/b11-4-/t24-,27+,29-,30-,31+,32+,36-/m0/s1. The number of amides is 3. The minimum atomic E-state index is -1.27. The number of carbonyl (C=O) groups excluding carboxylic acids is 4. The first-order valence-electron chi connectivity index (χ1n) is 17.1. The van der Waals surface area contributed by atoms with Gasteiger partial charge in [0.25, 0.3) is 0 Å². The number of ether oxygens (including phenoxy) is 2. The number of unbranched alkanes of at least 4 members (excludes halogenated alkanes) is 2. The summed E-state index contributed by atoms with van der Waals surface area (Å²) < 4.78 is 12.8. The van der Waals surface area contributed by atoms with Crippen LogP contribution >= 0.6 is 0 Å². The zero-order valence-electron chi connectivity index (χ0n) is 26.7. The minimum absolute atomic E-state index is 0.0360. The molecule has 5 bridgehead atoms. The van der Waals surface area contributed by atoms with Crippen LogP contribution in [-0.2, 0) is 28.7 Å². The Labute approximate surface area is 271 Å². The summed E-state index contributed by atoms with van der Waals surface area (Å²) in [7, 11) is 0. The van der Waals surface area contributed by atoms with Gasteiger partial charge in [0.2, 0.25) is 17.7 Å². The van der Waals surface area contributed by atoms with E-state index in [1.807, 2.05) is 66.5 Å². The summed E-state index contributed by atoms with van der Waals surface area (Å²) in [6.45, 7) is 2.59. The Morgan fingerprint density at radius 1 is 0.978 bits per heavy atom. The highest BCUT2D eigenvalue weighted by molar-refractivity contribution is 5.99. The Hall–Kier alpha value is -3.50. The Balaban J connectivity index is 1.39. The molecule has 2 N–H and O–H groups in total. The lowest BCUT2D eigenvalue weighted by molar-refractivity contribution is -0.161. The monoisotopic (exact) mass is 633 g/mol. The maximum atomic E-state index is 14.8. The molecule has 0 radical (unpaired) electrons. The van der Waals surface area contributed by atoms with Crippen LogP contribution in [0.1, 0.15) is 82.8 Å². The molecule has 2 saturated heterocycles. The molecule has 248 valence electrons. The van der Waals surface area contributed by atoms with E-state index in [-0.39, 0.29) is 36.8 Å². The normalized spacial score (nSPS) is 34.5. The van der Waals surface area contributed by atoms with Gasteiger partial charge in [0.05, 0.1) is 18.1 Å². The highest BCUT2D eigenvalue weighted by atomic mass is 16.6. The second-order valence-corrected chi connectivity index (χ2v) is 13.4. The van der Waals surface area contributed by atoms with E-state index in [1.165, 1.54) is 0 Å². The molecule has 0 aromatic heterocycles. The molecule has 1 aliphatic carbocycles. The summed E-state index contributed by atoms with van der Waals surface area (Å²) in [6.07, 6.45) is 13.8.